The van der Waals surface area contributed by atoms with Crippen LogP contribution >= 0.6 is 0 Å². The monoisotopic (exact) mass is 419 g/mol. The van der Waals surface area contributed by atoms with Crippen molar-refractivity contribution in [1.82, 2.24) is 15.1 Å². The van der Waals surface area contributed by atoms with E-state index in [1.54, 1.807) is 12.1 Å². The molecule has 2 aromatic carbocycles. The first kappa shape index (κ1) is 20.8. The Kier molecular flexibility index (Phi) is 6.11. The standard InChI is InChI=1S/C24H26FN5O/c1-17(2)18-5-9-21(10-6-18)26-24(31)30-15-13-29(14-16-30)23-12-11-22(27-28-23)19-3-7-20(25)8-4-19/h3-12,17H,13-16H2,1-2H3,(H,26,31). The predicted octanol–water partition coefficient (Wildman–Crippen LogP) is 4.76. The van der Waals surface area contributed by atoms with E-state index in [4.69, 9.17) is 0 Å². The van der Waals surface area contributed by atoms with Crippen molar-refractivity contribution >= 4 is 17.5 Å². The Labute approximate surface area is 181 Å². The Morgan fingerprint density at radius 3 is 2.16 bits per heavy atom. The van der Waals surface area contributed by atoms with Gasteiger partial charge in [0.25, 0.3) is 0 Å². The van der Waals surface area contributed by atoms with Crippen LogP contribution in [0.4, 0.5) is 20.7 Å². The molecule has 31 heavy (non-hydrogen) atoms. The van der Waals surface area contributed by atoms with Crippen molar-refractivity contribution in [3.63, 3.8) is 0 Å². The SMILES string of the molecule is CC(C)c1ccc(NC(=O)N2CCN(c3ccc(-c4ccc(F)cc4)nn3)CC2)cc1. The van der Waals surface area contributed by atoms with E-state index in [9.17, 15) is 9.18 Å². The van der Waals surface area contributed by atoms with Crippen LogP contribution in [0.5, 0.6) is 0 Å². The number of amides is 2. The molecule has 0 saturated carbocycles. The Bertz CT molecular complexity index is 1010. The van der Waals surface area contributed by atoms with Gasteiger partial charge in [-0.1, -0.05) is 26.0 Å². The number of carbonyl (C=O) groups excluding carboxylic acids is 1. The summed E-state index contributed by atoms with van der Waals surface area (Å²) in [6.07, 6.45) is 0. The molecule has 160 valence electrons. The van der Waals surface area contributed by atoms with Crippen molar-refractivity contribution in [2.45, 2.75) is 19.8 Å². The minimum Gasteiger partial charge on any atom is -0.352 e. The Balaban J connectivity index is 1.31. The fourth-order valence-electron chi connectivity index (χ4n) is 3.56. The molecule has 0 aliphatic carbocycles. The number of hydrogen-bond acceptors (Lipinski definition) is 4. The van der Waals surface area contributed by atoms with Crippen molar-refractivity contribution in [2.24, 2.45) is 0 Å². The number of carbonyl (C=O) groups is 1. The third-order valence-corrected chi connectivity index (χ3v) is 5.51. The van der Waals surface area contributed by atoms with Gasteiger partial charge in [0.1, 0.15) is 5.82 Å². The number of urea groups is 1. The fraction of sp³-hybridized carbons (Fsp3) is 0.292. The summed E-state index contributed by atoms with van der Waals surface area (Å²) in [7, 11) is 0. The average Bonchev–Trinajstić information content (AvgIpc) is 2.80. The largest absolute Gasteiger partial charge is 0.352 e. The highest BCUT2D eigenvalue weighted by atomic mass is 19.1. The molecule has 3 aromatic rings. The Morgan fingerprint density at radius 1 is 0.903 bits per heavy atom. The van der Waals surface area contributed by atoms with Crippen molar-refractivity contribution < 1.29 is 9.18 Å². The summed E-state index contributed by atoms with van der Waals surface area (Å²) in [5.74, 6) is 0.962. The lowest BCUT2D eigenvalue weighted by molar-refractivity contribution is 0.208. The van der Waals surface area contributed by atoms with E-state index in [0.29, 0.717) is 37.8 Å². The molecule has 1 saturated heterocycles. The van der Waals surface area contributed by atoms with Crippen molar-refractivity contribution in [3.05, 3.63) is 72.0 Å². The van der Waals surface area contributed by atoms with Gasteiger partial charge in [0, 0.05) is 37.4 Å². The second kappa shape index (κ2) is 9.12. The third kappa shape index (κ3) is 4.99. The highest BCUT2D eigenvalue weighted by Crippen LogP contribution is 2.21. The van der Waals surface area contributed by atoms with Gasteiger partial charge in [-0.25, -0.2) is 9.18 Å². The summed E-state index contributed by atoms with van der Waals surface area (Å²) >= 11 is 0. The first-order valence-electron chi connectivity index (χ1n) is 10.5. The average molecular weight is 420 g/mol. The molecule has 1 aliphatic rings. The Hall–Kier alpha value is -3.48. The minimum atomic E-state index is -0.275. The van der Waals surface area contributed by atoms with Crippen LogP contribution in [-0.4, -0.2) is 47.3 Å². The normalized spacial score (nSPS) is 14.1. The topological polar surface area (TPSA) is 61.4 Å². The maximum absolute atomic E-state index is 13.1. The Morgan fingerprint density at radius 2 is 1.58 bits per heavy atom. The quantitative estimate of drug-likeness (QED) is 0.662. The van der Waals surface area contributed by atoms with Crippen LogP contribution in [0.3, 0.4) is 0 Å². The number of rotatable bonds is 4. The lowest BCUT2D eigenvalue weighted by Crippen LogP contribution is -2.50. The highest BCUT2D eigenvalue weighted by molar-refractivity contribution is 5.89. The molecule has 0 bridgehead atoms. The zero-order valence-electron chi connectivity index (χ0n) is 17.8. The van der Waals surface area contributed by atoms with Crippen LogP contribution in [-0.2, 0) is 0 Å². The number of nitrogens with zero attached hydrogens (tertiary/aromatic N) is 4. The maximum Gasteiger partial charge on any atom is 0.321 e. The number of anilines is 2. The predicted molar refractivity (Wildman–Crippen MR) is 121 cm³/mol. The van der Waals surface area contributed by atoms with E-state index >= 15 is 0 Å². The molecule has 0 unspecified atom stereocenters. The molecule has 1 aliphatic heterocycles. The van der Waals surface area contributed by atoms with Crippen LogP contribution in [0.2, 0.25) is 0 Å². The van der Waals surface area contributed by atoms with Crippen molar-refractivity contribution in [1.29, 1.82) is 0 Å². The molecule has 0 spiro atoms. The van der Waals surface area contributed by atoms with Crippen LogP contribution in [0.1, 0.15) is 25.3 Å². The van der Waals surface area contributed by atoms with E-state index in [0.717, 1.165) is 17.1 Å². The summed E-state index contributed by atoms with van der Waals surface area (Å²) in [4.78, 5) is 16.5. The molecule has 1 fully saturated rings. The van der Waals surface area contributed by atoms with Gasteiger partial charge in [-0.2, -0.15) is 0 Å². The van der Waals surface area contributed by atoms with Gasteiger partial charge in [-0.05, 0) is 60.0 Å². The fourth-order valence-corrected chi connectivity index (χ4v) is 3.56. The summed E-state index contributed by atoms with van der Waals surface area (Å²) in [5, 5.41) is 11.6. The van der Waals surface area contributed by atoms with Gasteiger partial charge in [0.05, 0.1) is 5.69 Å². The van der Waals surface area contributed by atoms with Crippen LogP contribution in [0, 0.1) is 5.82 Å². The number of hydrogen-bond donors (Lipinski definition) is 1. The van der Waals surface area contributed by atoms with Gasteiger partial charge in [-0.3, -0.25) is 0 Å². The molecule has 4 rings (SSSR count). The zero-order valence-corrected chi connectivity index (χ0v) is 17.8. The van der Waals surface area contributed by atoms with E-state index in [1.807, 2.05) is 41.3 Å². The molecule has 2 heterocycles. The van der Waals surface area contributed by atoms with E-state index in [2.05, 4.69) is 34.3 Å². The van der Waals surface area contributed by atoms with Gasteiger partial charge in [0.2, 0.25) is 0 Å². The lowest BCUT2D eigenvalue weighted by atomic mass is 10.0. The van der Waals surface area contributed by atoms with Gasteiger partial charge < -0.3 is 15.1 Å². The summed E-state index contributed by atoms with van der Waals surface area (Å²) in [6, 6.07) is 17.9. The van der Waals surface area contributed by atoms with Crippen LogP contribution < -0.4 is 10.2 Å². The summed E-state index contributed by atoms with van der Waals surface area (Å²) < 4.78 is 13.1. The summed E-state index contributed by atoms with van der Waals surface area (Å²) in [6.45, 7) is 6.88. The van der Waals surface area contributed by atoms with Crippen molar-refractivity contribution in [3.8, 4) is 11.3 Å². The molecule has 6 nitrogen and oxygen atoms in total. The summed E-state index contributed by atoms with van der Waals surface area (Å²) in [5.41, 5.74) is 3.57. The number of piperazine rings is 1. The van der Waals surface area contributed by atoms with Gasteiger partial charge in [-0.15, -0.1) is 10.2 Å². The van der Waals surface area contributed by atoms with E-state index < -0.39 is 0 Å². The minimum absolute atomic E-state index is 0.0883. The van der Waals surface area contributed by atoms with E-state index in [1.165, 1.54) is 17.7 Å². The molecular formula is C24H26FN5O. The molecule has 0 atom stereocenters. The second-order valence-corrected chi connectivity index (χ2v) is 7.96. The first-order chi connectivity index (χ1) is 15.0. The molecule has 2 amide bonds. The molecule has 1 N–H and O–H groups in total. The zero-order chi connectivity index (χ0) is 21.8. The third-order valence-electron chi connectivity index (χ3n) is 5.51. The number of halogens is 1. The van der Waals surface area contributed by atoms with E-state index in [-0.39, 0.29) is 11.8 Å². The molecular weight excluding hydrogens is 393 g/mol. The van der Waals surface area contributed by atoms with Crippen LogP contribution in [0.15, 0.2) is 60.7 Å². The maximum atomic E-state index is 13.1. The van der Waals surface area contributed by atoms with Crippen molar-refractivity contribution in [2.75, 3.05) is 36.4 Å². The number of nitrogens with one attached hydrogen (secondary N) is 1. The highest BCUT2D eigenvalue weighted by Gasteiger charge is 2.22. The van der Waals surface area contributed by atoms with Gasteiger partial charge in [0.15, 0.2) is 5.82 Å². The smallest absolute Gasteiger partial charge is 0.321 e. The van der Waals surface area contributed by atoms with Gasteiger partial charge >= 0.3 is 6.03 Å². The number of benzene rings is 2. The number of aromatic nitrogens is 2. The molecule has 1 aromatic heterocycles. The second-order valence-electron chi connectivity index (χ2n) is 7.96. The van der Waals surface area contributed by atoms with Crippen LogP contribution in [0.25, 0.3) is 11.3 Å². The first-order valence-corrected chi connectivity index (χ1v) is 10.5. The molecule has 0 radical (unpaired) electrons. The lowest BCUT2D eigenvalue weighted by Gasteiger charge is -2.35. The molecule has 7 heteroatoms.